The molecule has 1 spiro atoms. The van der Waals surface area contributed by atoms with Gasteiger partial charge in [-0.15, -0.1) is 0 Å². The number of aromatic hydroxyl groups is 1. The van der Waals surface area contributed by atoms with Gasteiger partial charge in [0, 0.05) is 42.4 Å². The Morgan fingerprint density at radius 3 is 2.44 bits per heavy atom. The number of methoxy groups -OCH3 is 1. The highest BCUT2D eigenvalue weighted by molar-refractivity contribution is 6.05. The van der Waals surface area contributed by atoms with Gasteiger partial charge < -0.3 is 19.6 Å². The first-order valence-corrected chi connectivity index (χ1v) is 12.5. The number of fused-ring (bicyclic) bond motifs is 2. The van der Waals surface area contributed by atoms with Crippen LogP contribution in [0.25, 0.3) is 6.08 Å². The van der Waals surface area contributed by atoms with Crippen LogP contribution in [0.4, 0.5) is 18.9 Å². The third kappa shape index (κ3) is 5.21. The van der Waals surface area contributed by atoms with Crippen molar-refractivity contribution in [2.75, 3.05) is 31.6 Å². The van der Waals surface area contributed by atoms with Gasteiger partial charge in [-0.05, 0) is 66.4 Å². The summed E-state index contributed by atoms with van der Waals surface area (Å²) in [4.78, 5) is 29.7. The largest absolute Gasteiger partial charge is 0.508 e. The van der Waals surface area contributed by atoms with E-state index in [1.165, 1.54) is 19.3 Å². The summed E-state index contributed by atoms with van der Waals surface area (Å²) in [7, 11) is 1.26. The summed E-state index contributed by atoms with van der Waals surface area (Å²) in [6.45, 7) is 1.12. The Kier molecular flexibility index (Phi) is 6.84. The molecule has 3 aromatic rings. The molecule has 0 radical (unpaired) electrons. The molecule has 1 fully saturated rings. The zero-order valence-electron chi connectivity index (χ0n) is 21.2. The van der Waals surface area contributed by atoms with Crippen molar-refractivity contribution in [1.82, 2.24) is 4.90 Å². The van der Waals surface area contributed by atoms with E-state index in [0.29, 0.717) is 38.0 Å². The third-order valence-corrected chi connectivity index (χ3v) is 7.51. The van der Waals surface area contributed by atoms with Crippen LogP contribution in [0.1, 0.15) is 39.9 Å². The van der Waals surface area contributed by atoms with Crippen LogP contribution in [-0.4, -0.2) is 48.6 Å². The summed E-state index contributed by atoms with van der Waals surface area (Å²) in [5, 5.41) is 9.68. The van der Waals surface area contributed by atoms with Crippen LogP contribution >= 0.6 is 0 Å². The lowest BCUT2D eigenvalue weighted by Crippen LogP contribution is -2.47. The number of likely N-dealkylation sites (tertiary alicyclic amines) is 1. The summed E-state index contributed by atoms with van der Waals surface area (Å²) in [6, 6.07) is 17.4. The van der Waals surface area contributed by atoms with E-state index in [-0.39, 0.29) is 28.4 Å². The maximum atomic E-state index is 13.4. The fourth-order valence-corrected chi connectivity index (χ4v) is 5.46. The highest BCUT2D eigenvalue weighted by Gasteiger charge is 2.46. The molecule has 0 aromatic heterocycles. The summed E-state index contributed by atoms with van der Waals surface area (Å²) in [5.74, 6) is -0.598. The normalized spacial score (nSPS) is 16.5. The van der Waals surface area contributed by atoms with Crippen molar-refractivity contribution in [3.63, 3.8) is 0 Å². The van der Waals surface area contributed by atoms with Crippen LogP contribution in [-0.2, 0) is 16.4 Å². The number of alkyl halides is 3. The minimum absolute atomic E-state index is 0.0284. The monoisotopic (exact) mass is 536 g/mol. The van der Waals surface area contributed by atoms with Crippen LogP contribution in [0.15, 0.2) is 72.8 Å². The molecule has 2 aliphatic rings. The molecule has 0 atom stereocenters. The Balaban J connectivity index is 1.34. The lowest BCUT2D eigenvalue weighted by Gasteiger charge is -2.40. The number of nitrogens with zero attached hydrogens (tertiary/aromatic N) is 2. The van der Waals surface area contributed by atoms with E-state index in [2.05, 4.69) is 0 Å². The molecule has 0 bridgehead atoms. The van der Waals surface area contributed by atoms with Crippen molar-refractivity contribution >= 4 is 23.6 Å². The molecule has 0 unspecified atom stereocenters. The van der Waals surface area contributed by atoms with Crippen molar-refractivity contribution < 1.29 is 32.6 Å². The Bertz CT molecular complexity index is 1440. The molecule has 0 saturated carbocycles. The van der Waals surface area contributed by atoms with Gasteiger partial charge >= 0.3 is 6.18 Å². The molecule has 0 aliphatic carbocycles. The van der Waals surface area contributed by atoms with Crippen LogP contribution in [0.3, 0.4) is 0 Å². The van der Waals surface area contributed by atoms with E-state index in [1.54, 1.807) is 40.1 Å². The number of rotatable bonds is 4. The smallest absolute Gasteiger partial charge is 0.416 e. The number of piperidine rings is 1. The maximum Gasteiger partial charge on any atom is 0.416 e. The van der Waals surface area contributed by atoms with Gasteiger partial charge in [-0.3, -0.25) is 9.59 Å². The summed E-state index contributed by atoms with van der Waals surface area (Å²) < 4.78 is 45.1. The lowest BCUT2D eigenvalue weighted by molar-refractivity contribution is -0.137. The minimum atomic E-state index is -4.60. The van der Waals surface area contributed by atoms with E-state index in [9.17, 15) is 27.9 Å². The molecule has 3 aromatic carbocycles. The number of hydrogen-bond donors (Lipinski definition) is 1. The third-order valence-electron chi connectivity index (χ3n) is 7.51. The number of carbonyl (C=O) groups is 2. The Morgan fingerprint density at radius 1 is 1.00 bits per heavy atom. The molecule has 5 rings (SSSR count). The first-order valence-electron chi connectivity index (χ1n) is 12.5. The van der Waals surface area contributed by atoms with Gasteiger partial charge in [0.25, 0.3) is 11.8 Å². The summed E-state index contributed by atoms with van der Waals surface area (Å²) >= 11 is 0. The van der Waals surface area contributed by atoms with Crippen molar-refractivity contribution in [2.45, 2.75) is 24.4 Å². The lowest BCUT2D eigenvalue weighted by atomic mass is 9.74. The van der Waals surface area contributed by atoms with Gasteiger partial charge in [-0.2, -0.15) is 13.2 Å². The highest BCUT2D eigenvalue weighted by Crippen LogP contribution is 2.47. The highest BCUT2D eigenvalue weighted by atomic mass is 19.4. The van der Waals surface area contributed by atoms with Crippen molar-refractivity contribution in [1.29, 1.82) is 0 Å². The van der Waals surface area contributed by atoms with E-state index < -0.39 is 17.6 Å². The van der Waals surface area contributed by atoms with Gasteiger partial charge in [-0.1, -0.05) is 30.3 Å². The second kappa shape index (κ2) is 10.1. The molecule has 1 saturated heterocycles. The summed E-state index contributed by atoms with van der Waals surface area (Å²) in [5.41, 5.74) is 1.16. The Hall–Kier alpha value is -4.27. The average Bonchev–Trinajstić information content (AvgIpc) is 3.25. The average molecular weight is 537 g/mol. The summed E-state index contributed by atoms with van der Waals surface area (Å²) in [6.07, 6.45) is -0.350. The fourth-order valence-electron chi connectivity index (χ4n) is 5.46. The maximum absolute atomic E-state index is 13.4. The van der Waals surface area contributed by atoms with Gasteiger partial charge in [0.1, 0.15) is 11.5 Å². The van der Waals surface area contributed by atoms with Gasteiger partial charge in [0.05, 0.1) is 12.7 Å². The minimum Gasteiger partial charge on any atom is -0.508 e. The zero-order chi connectivity index (χ0) is 27.8. The zero-order valence-corrected chi connectivity index (χ0v) is 21.2. The molecular formula is C30H27F3N2O4. The number of amides is 2. The van der Waals surface area contributed by atoms with E-state index in [0.717, 1.165) is 23.4 Å². The molecule has 6 nitrogen and oxygen atoms in total. The SMILES string of the molecule is COc1cc(C(=O)N2CCC3(CC2)CN(C(=O)/C=C/c2cccc(O)c2)c2ccccc23)cc(C(F)(F)F)c1. The van der Waals surface area contributed by atoms with Crippen LogP contribution in [0.2, 0.25) is 0 Å². The Morgan fingerprint density at radius 2 is 1.74 bits per heavy atom. The molecule has 1 N–H and O–H groups in total. The number of ether oxygens (including phenoxy) is 1. The van der Waals surface area contributed by atoms with Crippen LogP contribution in [0, 0.1) is 0 Å². The quantitative estimate of drug-likeness (QED) is 0.438. The first kappa shape index (κ1) is 26.3. The Labute approximate surface area is 223 Å². The number of benzene rings is 3. The van der Waals surface area contributed by atoms with E-state index in [1.807, 2.05) is 24.3 Å². The van der Waals surface area contributed by atoms with Crippen LogP contribution < -0.4 is 9.64 Å². The topological polar surface area (TPSA) is 70.1 Å². The molecule has 202 valence electrons. The number of para-hydroxylation sites is 1. The predicted octanol–water partition coefficient (Wildman–Crippen LogP) is 5.65. The van der Waals surface area contributed by atoms with Gasteiger partial charge in [0.15, 0.2) is 0 Å². The number of phenolic OH excluding ortho intramolecular Hbond substituents is 1. The molecule has 9 heteroatoms. The second-order valence-electron chi connectivity index (χ2n) is 9.89. The van der Waals surface area contributed by atoms with Crippen LogP contribution in [0.5, 0.6) is 11.5 Å². The molecule has 2 aliphatic heterocycles. The van der Waals surface area contributed by atoms with Gasteiger partial charge in [-0.25, -0.2) is 0 Å². The molecule has 2 amide bonds. The van der Waals surface area contributed by atoms with E-state index >= 15 is 0 Å². The number of halogens is 3. The molecular weight excluding hydrogens is 509 g/mol. The predicted molar refractivity (Wildman–Crippen MR) is 141 cm³/mol. The molecule has 39 heavy (non-hydrogen) atoms. The molecule has 2 heterocycles. The fraction of sp³-hybridized carbons (Fsp3) is 0.267. The second-order valence-corrected chi connectivity index (χ2v) is 9.89. The van der Waals surface area contributed by atoms with Crippen molar-refractivity contribution in [2.24, 2.45) is 0 Å². The number of hydrogen-bond acceptors (Lipinski definition) is 4. The number of anilines is 1. The van der Waals surface area contributed by atoms with Gasteiger partial charge in [0.2, 0.25) is 0 Å². The van der Waals surface area contributed by atoms with Crippen molar-refractivity contribution in [3.8, 4) is 11.5 Å². The first-order chi connectivity index (χ1) is 18.6. The standard InChI is InChI=1S/C30H27F3N2O4/c1-39-24-17-21(16-22(18-24)30(31,32)33)28(38)34-13-11-29(12-14-34)19-35(26-8-3-2-7-25(26)29)27(37)10-9-20-5-4-6-23(36)15-20/h2-10,15-18,36H,11-14,19H2,1H3/b10-9+. The van der Waals surface area contributed by atoms with Crippen molar-refractivity contribution in [3.05, 3.63) is 95.1 Å². The number of carbonyl (C=O) groups excluding carboxylic acids is 2. The van der Waals surface area contributed by atoms with E-state index in [4.69, 9.17) is 4.74 Å². The number of phenols is 1.